The van der Waals surface area contributed by atoms with Crippen LogP contribution in [0, 0.1) is 0 Å². The van der Waals surface area contributed by atoms with Crippen LogP contribution in [0.1, 0.15) is 18.4 Å². The van der Waals surface area contributed by atoms with Gasteiger partial charge < -0.3 is 14.8 Å². The zero-order chi connectivity index (χ0) is 24.6. The van der Waals surface area contributed by atoms with Crippen molar-refractivity contribution in [3.05, 3.63) is 72.4 Å². The average Bonchev–Trinajstić information content (AvgIpc) is 3.32. The number of carbonyl (C=O) groups excluding carboxylic acids is 3. The lowest BCUT2D eigenvalue weighted by atomic mass is 10.1. The van der Waals surface area contributed by atoms with Crippen LogP contribution in [0.2, 0.25) is 0 Å². The second-order valence-corrected chi connectivity index (χ2v) is 8.09. The molecule has 35 heavy (non-hydrogen) atoms. The predicted octanol–water partition coefficient (Wildman–Crippen LogP) is 2.87. The van der Waals surface area contributed by atoms with Gasteiger partial charge in [0.25, 0.3) is 0 Å². The highest BCUT2D eigenvalue weighted by molar-refractivity contribution is 6.03. The lowest BCUT2D eigenvalue weighted by Gasteiger charge is -2.23. The molecule has 0 bridgehead atoms. The number of carbonyl (C=O) groups is 3. The summed E-state index contributed by atoms with van der Waals surface area (Å²) in [4.78, 5) is 43.2. The molecule has 0 saturated carbocycles. The monoisotopic (exact) mass is 478 g/mol. The van der Waals surface area contributed by atoms with Gasteiger partial charge in [-0.2, -0.15) is 0 Å². The first kappa shape index (κ1) is 24.1. The van der Waals surface area contributed by atoms with E-state index in [1.54, 1.807) is 17.7 Å². The molecule has 0 unspecified atom stereocenters. The van der Waals surface area contributed by atoms with E-state index < -0.39 is 24.1 Å². The van der Waals surface area contributed by atoms with Gasteiger partial charge in [0.2, 0.25) is 11.8 Å². The Hall–Kier alpha value is -4.02. The molecule has 10 heteroatoms. The van der Waals surface area contributed by atoms with Crippen LogP contribution < -0.4 is 10.8 Å². The van der Waals surface area contributed by atoms with Gasteiger partial charge in [-0.25, -0.2) is 10.3 Å². The molecule has 10 nitrogen and oxygen atoms in total. The van der Waals surface area contributed by atoms with E-state index in [9.17, 15) is 14.4 Å². The van der Waals surface area contributed by atoms with Gasteiger partial charge in [0.15, 0.2) is 0 Å². The van der Waals surface area contributed by atoms with Gasteiger partial charge in [-0.3, -0.25) is 24.7 Å². The van der Waals surface area contributed by atoms with Crippen LogP contribution in [0.5, 0.6) is 0 Å². The summed E-state index contributed by atoms with van der Waals surface area (Å²) < 4.78 is 11.2. The highest BCUT2D eigenvalue weighted by Gasteiger charge is 2.41. The summed E-state index contributed by atoms with van der Waals surface area (Å²) in [5, 5.41) is 12.4. The number of nitrogens with one attached hydrogen (secondary N) is 2. The Kier molecular flexibility index (Phi) is 7.86. The summed E-state index contributed by atoms with van der Waals surface area (Å²) in [6.45, 7) is 0.228. The molecule has 0 spiro atoms. The maximum atomic E-state index is 13.3. The van der Waals surface area contributed by atoms with Crippen molar-refractivity contribution in [2.75, 3.05) is 18.5 Å². The Morgan fingerprint density at radius 3 is 2.66 bits per heavy atom. The predicted molar refractivity (Wildman–Crippen MR) is 126 cm³/mol. The first-order valence-corrected chi connectivity index (χ1v) is 11.2. The van der Waals surface area contributed by atoms with E-state index in [1.807, 2.05) is 54.6 Å². The normalized spacial score (nSPS) is 17.2. The molecule has 3 aromatic rings. The molecule has 1 aromatic heterocycles. The van der Waals surface area contributed by atoms with Crippen molar-refractivity contribution in [3.63, 3.8) is 0 Å². The number of nitrogens with zero attached hydrogens (tertiary/aromatic N) is 2. The van der Waals surface area contributed by atoms with Crippen LogP contribution in [0.25, 0.3) is 10.9 Å². The van der Waals surface area contributed by atoms with Crippen molar-refractivity contribution < 1.29 is 29.1 Å². The minimum Gasteiger partial charge on any atom is -0.445 e. The van der Waals surface area contributed by atoms with Crippen molar-refractivity contribution in [2.24, 2.45) is 0 Å². The highest BCUT2D eigenvalue weighted by Crippen LogP contribution is 2.26. The third-order valence-electron chi connectivity index (χ3n) is 5.70. The highest BCUT2D eigenvalue weighted by atomic mass is 16.6. The van der Waals surface area contributed by atoms with Gasteiger partial charge in [0, 0.05) is 18.0 Å². The second-order valence-electron chi connectivity index (χ2n) is 8.09. The van der Waals surface area contributed by atoms with Gasteiger partial charge in [0.05, 0.1) is 36.9 Å². The first-order valence-electron chi connectivity index (χ1n) is 11.2. The molecule has 0 radical (unpaired) electrons. The zero-order valence-electron chi connectivity index (χ0n) is 18.9. The number of fused-ring (bicyclic) bond motifs is 1. The van der Waals surface area contributed by atoms with Crippen LogP contribution in [-0.2, 0) is 25.7 Å². The molecule has 2 heterocycles. The standard InChI is InChI=1S/C25H26N4O6/c30-22(28-33)11-13-34-19-14-21(29(15-19)25(32)35-16-17-6-2-1-3-7-17)24(31)27-20-10-4-8-18-9-5-12-26-23(18)20/h1-10,12,19,21,33H,11,13-16H2,(H,27,31)(H,28,30)/t19-,21+/m1/s1. The van der Waals surface area contributed by atoms with Crippen molar-refractivity contribution in [1.29, 1.82) is 0 Å². The van der Waals surface area contributed by atoms with E-state index in [0.717, 1.165) is 10.9 Å². The van der Waals surface area contributed by atoms with Gasteiger partial charge in [-0.05, 0) is 17.7 Å². The number of hydrogen-bond donors (Lipinski definition) is 3. The van der Waals surface area contributed by atoms with Gasteiger partial charge in [-0.15, -0.1) is 0 Å². The van der Waals surface area contributed by atoms with Crippen molar-refractivity contribution >= 4 is 34.5 Å². The summed E-state index contributed by atoms with van der Waals surface area (Å²) in [5.74, 6) is -0.973. The van der Waals surface area contributed by atoms with E-state index in [4.69, 9.17) is 14.7 Å². The fourth-order valence-electron chi connectivity index (χ4n) is 3.97. The molecule has 182 valence electrons. The number of hydroxylamine groups is 1. The molecule has 1 aliphatic heterocycles. The molecule has 2 atom stereocenters. The van der Waals surface area contributed by atoms with Crippen molar-refractivity contribution in [2.45, 2.75) is 31.6 Å². The molecule has 2 aromatic carbocycles. The van der Waals surface area contributed by atoms with Crippen LogP contribution in [-0.4, -0.2) is 58.3 Å². The minimum atomic E-state index is -0.839. The lowest BCUT2D eigenvalue weighted by Crippen LogP contribution is -2.43. The fraction of sp³-hybridized carbons (Fsp3) is 0.280. The number of rotatable bonds is 8. The maximum Gasteiger partial charge on any atom is 0.410 e. The third-order valence-corrected chi connectivity index (χ3v) is 5.70. The number of anilines is 1. The van der Waals surface area contributed by atoms with E-state index in [0.29, 0.717) is 11.2 Å². The number of likely N-dealkylation sites (tertiary alicyclic amines) is 1. The number of ether oxygens (including phenoxy) is 2. The SMILES string of the molecule is O=C(CCO[C@@H]1C[C@@H](C(=O)Nc2cccc3cccnc23)N(C(=O)OCc2ccccc2)C1)NO. The van der Waals surface area contributed by atoms with Gasteiger partial charge in [0.1, 0.15) is 12.6 Å². The van der Waals surface area contributed by atoms with Crippen LogP contribution >= 0.6 is 0 Å². The number of para-hydroxylation sites is 1. The first-order chi connectivity index (χ1) is 17.0. The molecule has 1 fully saturated rings. The number of benzene rings is 2. The Morgan fingerprint density at radius 1 is 1.06 bits per heavy atom. The third kappa shape index (κ3) is 6.11. The Labute approximate surface area is 201 Å². The number of pyridine rings is 1. The molecule has 3 N–H and O–H groups in total. The summed E-state index contributed by atoms with van der Waals surface area (Å²) in [6, 6.07) is 17.6. The van der Waals surface area contributed by atoms with Crippen LogP contribution in [0.15, 0.2) is 66.9 Å². The molecular weight excluding hydrogens is 452 g/mol. The molecular formula is C25H26N4O6. The van der Waals surface area contributed by atoms with E-state index in [2.05, 4.69) is 10.3 Å². The molecule has 3 amide bonds. The number of amides is 3. The van der Waals surface area contributed by atoms with E-state index in [-0.39, 0.29) is 38.5 Å². The summed E-state index contributed by atoms with van der Waals surface area (Å²) in [6.07, 6.45) is 0.707. The van der Waals surface area contributed by atoms with Gasteiger partial charge >= 0.3 is 6.09 Å². The summed E-state index contributed by atoms with van der Waals surface area (Å²) in [7, 11) is 0. The van der Waals surface area contributed by atoms with Gasteiger partial charge in [-0.1, -0.05) is 48.5 Å². The lowest BCUT2D eigenvalue weighted by molar-refractivity contribution is -0.130. The largest absolute Gasteiger partial charge is 0.445 e. The van der Waals surface area contributed by atoms with Crippen LogP contribution in [0.4, 0.5) is 10.5 Å². The van der Waals surface area contributed by atoms with Crippen molar-refractivity contribution in [1.82, 2.24) is 15.4 Å². The van der Waals surface area contributed by atoms with Crippen molar-refractivity contribution in [3.8, 4) is 0 Å². The maximum absolute atomic E-state index is 13.3. The smallest absolute Gasteiger partial charge is 0.410 e. The van der Waals surface area contributed by atoms with Crippen LogP contribution in [0.3, 0.4) is 0 Å². The number of hydrogen-bond acceptors (Lipinski definition) is 7. The quantitative estimate of drug-likeness (QED) is 0.335. The van der Waals surface area contributed by atoms with E-state index >= 15 is 0 Å². The minimum absolute atomic E-state index is 0.0333. The summed E-state index contributed by atoms with van der Waals surface area (Å²) in [5.41, 5.74) is 3.55. The molecule has 1 aliphatic rings. The summed E-state index contributed by atoms with van der Waals surface area (Å²) >= 11 is 0. The Balaban J connectivity index is 1.46. The molecule has 0 aliphatic carbocycles. The number of aromatic nitrogens is 1. The molecule has 4 rings (SSSR count). The molecule has 1 saturated heterocycles. The fourth-order valence-corrected chi connectivity index (χ4v) is 3.97. The average molecular weight is 479 g/mol. The van der Waals surface area contributed by atoms with E-state index in [1.165, 1.54) is 4.90 Å². The Morgan fingerprint density at radius 2 is 1.86 bits per heavy atom. The zero-order valence-corrected chi connectivity index (χ0v) is 18.9. The second kappa shape index (κ2) is 11.4. The topological polar surface area (TPSA) is 130 Å². The Bertz CT molecular complexity index is 1180.